The van der Waals surface area contributed by atoms with Crippen LogP contribution in [0.5, 0.6) is 11.6 Å². The maximum Gasteiger partial charge on any atom is 0.339 e. The van der Waals surface area contributed by atoms with Crippen molar-refractivity contribution < 1.29 is 18.7 Å². The van der Waals surface area contributed by atoms with Gasteiger partial charge in [0.15, 0.2) is 5.82 Å². The highest BCUT2D eigenvalue weighted by atomic mass is 19.1. The topological polar surface area (TPSA) is 48.4 Å². The summed E-state index contributed by atoms with van der Waals surface area (Å²) in [5.74, 6) is 1.48. The predicted molar refractivity (Wildman–Crippen MR) is 94.9 cm³/mol. The van der Waals surface area contributed by atoms with Crippen LogP contribution in [0.1, 0.15) is 54.4 Å². The fourth-order valence-electron chi connectivity index (χ4n) is 4.37. The quantitative estimate of drug-likeness (QED) is 0.701. The average molecular weight is 355 g/mol. The Balaban J connectivity index is 1.45. The van der Waals surface area contributed by atoms with E-state index in [0.717, 1.165) is 17.9 Å². The van der Waals surface area contributed by atoms with Crippen LogP contribution in [0, 0.1) is 17.7 Å². The Morgan fingerprint density at radius 2 is 2.04 bits per heavy atom. The molecule has 0 spiro atoms. The first-order valence-electron chi connectivity index (χ1n) is 9.24. The number of carbonyl (C=O) groups excluding carboxylic acids is 1. The summed E-state index contributed by atoms with van der Waals surface area (Å²) in [6, 6.07) is 8.96. The van der Waals surface area contributed by atoms with Crippen molar-refractivity contribution in [1.82, 2.24) is 4.98 Å². The van der Waals surface area contributed by atoms with Gasteiger partial charge in [-0.2, -0.15) is 0 Å². The zero-order chi connectivity index (χ0) is 18.1. The molecule has 0 N–H and O–H groups in total. The van der Waals surface area contributed by atoms with Crippen LogP contribution < -0.4 is 4.74 Å². The molecule has 4 nitrogen and oxygen atoms in total. The van der Waals surface area contributed by atoms with E-state index in [-0.39, 0.29) is 18.1 Å². The zero-order valence-corrected chi connectivity index (χ0v) is 14.8. The molecule has 0 amide bonds. The molecule has 2 aromatic rings. The molecule has 136 valence electrons. The highest BCUT2D eigenvalue weighted by Gasteiger charge is 2.39. The molecule has 0 aliphatic heterocycles. The van der Waals surface area contributed by atoms with Gasteiger partial charge in [-0.25, -0.2) is 14.2 Å². The second-order valence-corrected chi connectivity index (χ2v) is 7.18. The summed E-state index contributed by atoms with van der Waals surface area (Å²) in [6.07, 6.45) is 6.64. The molecule has 5 heteroatoms. The lowest BCUT2D eigenvalue weighted by molar-refractivity contribution is 0.0525. The van der Waals surface area contributed by atoms with Crippen molar-refractivity contribution in [2.24, 2.45) is 11.8 Å². The molecule has 2 aliphatic carbocycles. The summed E-state index contributed by atoms with van der Waals surface area (Å²) in [4.78, 5) is 15.5. The summed E-state index contributed by atoms with van der Waals surface area (Å²) < 4.78 is 24.6. The summed E-state index contributed by atoms with van der Waals surface area (Å²) in [5, 5.41) is 0. The molecule has 0 radical (unpaired) electrons. The van der Waals surface area contributed by atoms with Crippen molar-refractivity contribution in [3.05, 3.63) is 53.5 Å². The summed E-state index contributed by atoms with van der Waals surface area (Å²) in [7, 11) is 0. The van der Waals surface area contributed by atoms with Crippen LogP contribution in [0.3, 0.4) is 0 Å². The number of benzene rings is 1. The molecule has 3 atom stereocenters. The van der Waals surface area contributed by atoms with Crippen LogP contribution >= 0.6 is 0 Å². The molecule has 2 fully saturated rings. The van der Waals surface area contributed by atoms with Crippen LogP contribution in [-0.2, 0) is 4.74 Å². The first-order chi connectivity index (χ1) is 12.6. The normalized spacial score (nSPS) is 23.8. The van der Waals surface area contributed by atoms with Gasteiger partial charge in [0, 0.05) is 6.20 Å². The Hall–Kier alpha value is -2.43. The molecule has 1 aromatic heterocycles. The Morgan fingerprint density at radius 3 is 2.65 bits per heavy atom. The first-order valence-corrected chi connectivity index (χ1v) is 9.24. The van der Waals surface area contributed by atoms with Gasteiger partial charge < -0.3 is 9.47 Å². The summed E-state index contributed by atoms with van der Waals surface area (Å²) in [5.41, 5.74) is 1.42. The summed E-state index contributed by atoms with van der Waals surface area (Å²) in [6.45, 7) is 1.92. The zero-order valence-electron chi connectivity index (χ0n) is 14.8. The second-order valence-electron chi connectivity index (χ2n) is 7.18. The minimum Gasteiger partial charge on any atom is -0.462 e. The van der Waals surface area contributed by atoms with Crippen LogP contribution in [0.2, 0.25) is 0 Å². The number of hydrogen-bond donors (Lipinski definition) is 0. The van der Waals surface area contributed by atoms with E-state index in [1.54, 1.807) is 6.92 Å². The molecule has 2 bridgehead atoms. The van der Waals surface area contributed by atoms with Gasteiger partial charge in [-0.1, -0.05) is 18.6 Å². The lowest BCUT2D eigenvalue weighted by atomic mass is 9.83. The van der Waals surface area contributed by atoms with Crippen molar-refractivity contribution in [2.45, 2.75) is 38.5 Å². The largest absolute Gasteiger partial charge is 0.462 e. The third kappa shape index (κ3) is 3.30. The lowest BCUT2D eigenvalue weighted by Gasteiger charge is -2.22. The maximum absolute atomic E-state index is 14.2. The second kappa shape index (κ2) is 7.06. The van der Waals surface area contributed by atoms with Crippen molar-refractivity contribution >= 4 is 5.97 Å². The fraction of sp³-hybridized carbons (Fsp3) is 0.429. The van der Waals surface area contributed by atoms with Gasteiger partial charge in [-0.05, 0) is 67.7 Å². The summed E-state index contributed by atoms with van der Waals surface area (Å²) >= 11 is 0. The van der Waals surface area contributed by atoms with Gasteiger partial charge in [-0.3, -0.25) is 0 Å². The van der Waals surface area contributed by atoms with Gasteiger partial charge in [0.05, 0.1) is 12.2 Å². The molecule has 0 saturated heterocycles. The van der Waals surface area contributed by atoms with Gasteiger partial charge in [0.25, 0.3) is 5.88 Å². The monoisotopic (exact) mass is 355 g/mol. The number of esters is 1. The van der Waals surface area contributed by atoms with Gasteiger partial charge in [-0.15, -0.1) is 0 Å². The van der Waals surface area contributed by atoms with Crippen LogP contribution in [-0.4, -0.2) is 17.6 Å². The van der Waals surface area contributed by atoms with E-state index in [0.29, 0.717) is 11.7 Å². The molecule has 4 rings (SSSR count). The Morgan fingerprint density at radius 1 is 1.23 bits per heavy atom. The third-order valence-corrected chi connectivity index (χ3v) is 5.58. The number of aromatic nitrogens is 1. The number of halogens is 1. The van der Waals surface area contributed by atoms with E-state index in [9.17, 15) is 9.18 Å². The first kappa shape index (κ1) is 17.0. The Labute approximate surface area is 152 Å². The molecule has 1 heterocycles. The smallest absolute Gasteiger partial charge is 0.339 e. The number of rotatable bonds is 5. The molecule has 2 aliphatic rings. The van der Waals surface area contributed by atoms with Crippen LogP contribution in [0.4, 0.5) is 4.39 Å². The van der Waals surface area contributed by atoms with Crippen LogP contribution in [0.25, 0.3) is 0 Å². The SMILES string of the molecule is CCOC(=O)c1cnc(Oc2ccc(C3CC4CCC3C4)cc2)c(F)c1. The van der Waals surface area contributed by atoms with Crippen molar-refractivity contribution in [1.29, 1.82) is 0 Å². The highest BCUT2D eigenvalue weighted by molar-refractivity contribution is 5.89. The predicted octanol–water partition coefficient (Wildman–Crippen LogP) is 5.09. The number of hydrogen-bond acceptors (Lipinski definition) is 4. The van der Waals surface area contributed by atoms with Gasteiger partial charge >= 0.3 is 5.97 Å². The van der Waals surface area contributed by atoms with E-state index in [4.69, 9.17) is 9.47 Å². The van der Waals surface area contributed by atoms with E-state index in [1.165, 1.54) is 37.4 Å². The molecular formula is C21H22FNO3. The minimum absolute atomic E-state index is 0.0725. The standard InChI is InChI=1S/C21H22FNO3/c1-2-25-21(24)16-11-19(22)20(23-12-16)26-17-7-5-14(6-8-17)18-10-13-3-4-15(18)9-13/h5-8,11-13,15,18H,2-4,9-10H2,1H3. The van der Waals surface area contributed by atoms with Gasteiger partial charge in [0.2, 0.25) is 0 Å². The Bertz CT molecular complexity index is 805. The highest BCUT2D eigenvalue weighted by Crippen LogP contribution is 2.52. The third-order valence-electron chi connectivity index (χ3n) is 5.58. The average Bonchev–Trinajstić information content (AvgIpc) is 3.27. The number of nitrogens with zero attached hydrogens (tertiary/aromatic N) is 1. The lowest BCUT2D eigenvalue weighted by Crippen LogP contribution is -2.08. The maximum atomic E-state index is 14.2. The number of carbonyl (C=O) groups is 1. The Kier molecular flexibility index (Phi) is 4.62. The van der Waals surface area contributed by atoms with Crippen molar-refractivity contribution in [2.75, 3.05) is 6.61 Å². The van der Waals surface area contributed by atoms with E-state index < -0.39 is 11.8 Å². The van der Waals surface area contributed by atoms with Crippen LogP contribution in [0.15, 0.2) is 36.5 Å². The van der Waals surface area contributed by atoms with E-state index in [2.05, 4.69) is 17.1 Å². The van der Waals surface area contributed by atoms with E-state index in [1.807, 2.05) is 12.1 Å². The van der Waals surface area contributed by atoms with Crippen molar-refractivity contribution in [3.63, 3.8) is 0 Å². The number of pyridine rings is 1. The molecule has 3 unspecified atom stereocenters. The molecule has 2 saturated carbocycles. The minimum atomic E-state index is -0.687. The van der Waals surface area contributed by atoms with E-state index >= 15 is 0 Å². The number of fused-ring (bicyclic) bond motifs is 2. The van der Waals surface area contributed by atoms with Crippen molar-refractivity contribution in [3.8, 4) is 11.6 Å². The molecule has 26 heavy (non-hydrogen) atoms. The number of ether oxygens (including phenoxy) is 2. The fourth-order valence-corrected chi connectivity index (χ4v) is 4.37. The van der Waals surface area contributed by atoms with Gasteiger partial charge in [0.1, 0.15) is 5.75 Å². The molecule has 1 aromatic carbocycles. The molecular weight excluding hydrogens is 333 g/mol.